The van der Waals surface area contributed by atoms with Gasteiger partial charge in [-0.1, -0.05) is 23.7 Å². The van der Waals surface area contributed by atoms with E-state index >= 15 is 0 Å². The Balaban J connectivity index is 1.26. The molecule has 4 rings (SSSR count). The molecule has 2 heterocycles. The van der Waals surface area contributed by atoms with E-state index in [1.807, 2.05) is 30.3 Å². The number of phenolic OH excluding ortho intramolecular Hbond substituents is 1. The highest BCUT2D eigenvalue weighted by Gasteiger charge is 2.20. The van der Waals surface area contributed by atoms with Crippen LogP contribution in [0.25, 0.3) is 10.9 Å². The maximum Gasteiger partial charge on any atom is 0.234 e. The fourth-order valence-corrected chi connectivity index (χ4v) is 4.34. The molecule has 1 aromatic heterocycles. The van der Waals surface area contributed by atoms with Crippen molar-refractivity contribution in [3.05, 3.63) is 64.3 Å². The van der Waals surface area contributed by atoms with Crippen LogP contribution in [-0.4, -0.2) is 40.1 Å². The van der Waals surface area contributed by atoms with Gasteiger partial charge in [0.2, 0.25) is 5.91 Å². The Kier molecular flexibility index (Phi) is 5.79. The number of carbonyl (C=O) groups excluding carboxylic acids is 1. The van der Waals surface area contributed by atoms with Crippen molar-refractivity contribution in [2.24, 2.45) is 0 Å². The van der Waals surface area contributed by atoms with E-state index in [-0.39, 0.29) is 5.91 Å². The average Bonchev–Trinajstić information content (AvgIpc) is 3.00. The number of phenols is 1. The number of carbonyl (C=O) groups is 1. The van der Waals surface area contributed by atoms with Crippen molar-refractivity contribution in [1.29, 1.82) is 0 Å². The van der Waals surface area contributed by atoms with Crippen LogP contribution in [0, 0.1) is 6.92 Å². The number of nitrogens with one attached hydrogen (secondary N) is 1. The minimum absolute atomic E-state index is 0.0322. The summed E-state index contributed by atoms with van der Waals surface area (Å²) in [6, 6.07) is 13.7. The van der Waals surface area contributed by atoms with Crippen molar-refractivity contribution in [1.82, 2.24) is 14.8 Å². The predicted molar refractivity (Wildman–Crippen MR) is 116 cm³/mol. The molecule has 0 fully saturated rings. The Morgan fingerprint density at radius 2 is 2.10 bits per heavy atom. The van der Waals surface area contributed by atoms with Crippen LogP contribution in [-0.2, 0) is 24.3 Å². The molecule has 0 aliphatic carbocycles. The van der Waals surface area contributed by atoms with Crippen molar-refractivity contribution < 1.29 is 9.90 Å². The van der Waals surface area contributed by atoms with Crippen LogP contribution in [0.5, 0.6) is 5.75 Å². The first-order valence-electron chi connectivity index (χ1n) is 10.1. The number of rotatable bonds is 6. The maximum absolute atomic E-state index is 12.3. The Labute approximate surface area is 175 Å². The molecule has 0 atom stereocenters. The van der Waals surface area contributed by atoms with Crippen molar-refractivity contribution in [3.8, 4) is 5.75 Å². The molecule has 0 bridgehead atoms. The molecular formula is C23H26ClN3O2. The summed E-state index contributed by atoms with van der Waals surface area (Å²) < 4.78 is 2.27. The molecule has 29 heavy (non-hydrogen) atoms. The van der Waals surface area contributed by atoms with E-state index in [0.29, 0.717) is 25.4 Å². The molecule has 0 radical (unpaired) electrons. The Bertz CT molecular complexity index is 1040. The SMILES string of the molecule is Cc1cc2cc(Cl)ccc2n1CCCNC(=O)CN1CCc2cccc(O)c2C1. The maximum atomic E-state index is 12.3. The molecule has 2 aromatic carbocycles. The first-order chi connectivity index (χ1) is 14.0. The molecule has 0 saturated heterocycles. The Morgan fingerprint density at radius 1 is 1.24 bits per heavy atom. The number of amides is 1. The number of hydrogen-bond acceptors (Lipinski definition) is 3. The van der Waals surface area contributed by atoms with E-state index in [1.165, 1.54) is 16.8 Å². The molecule has 1 aliphatic heterocycles. The van der Waals surface area contributed by atoms with E-state index in [1.54, 1.807) is 6.07 Å². The van der Waals surface area contributed by atoms with E-state index in [0.717, 1.165) is 41.9 Å². The summed E-state index contributed by atoms with van der Waals surface area (Å²) in [5.41, 5.74) is 4.49. The number of nitrogens with zero attached hydrogens (tertiary/aromatic N) is 2. The number of aryl methyl sites for hydroxylation is 2. The third kappa shape index (κ3) is 4.41. The molecule has 1 amide bonds. The lowest BCUT2D eigenvalue weighted by Crippen LogP contribution is -2.40. The van der Waals surface area contributed by atoms with Crippen LogP contribution >= 0.6 is 11.6 Å². The molecule has 0 unspecified atom stereocenters. The van der Waals surface area contributed by atoms with Crippen molar-refractivity contribution in [3.63, 3.8) is 0 Å². The second-order valence-corrected chi connectivity index (χ2v) is 8.16. The molecular weight excluding hydrogens is 386 g/mol. The lowest BCUT2D eigenvalue weighted by atomic mass is 9.99. The van der Waals surface area contributed by atoms with E-state index in [4.69, 9.17) is 11.6 Å². The lowest BCUT2D eigenvalue weighted by molar-refractivity contribution is -0.122. The highest BCUT2D eigenvalue weighted by molar-refractivity contribution is 6.31. The summed E-state index contributed by atoms with van der Waals surface area (Å²) in [5, 5.41) is 15.0. The van der Waals surface area contributed by atoms with Crippen LogP contribution in [0.1, 0.15) is 23.2 Å². The third-order valence-electron chi connectivity index (χ3n) is 5.65. The topological polar surface area (TPSA) is 57.5 Å². The molecule has 2 N–H and O–H groups in total. The van der Waals surface area contributed by atoms with Gasteiger partial charge in [-0.2, -0.15) is 0 Å². The fraction of sp³-hybridized carbons (Fsp3) is 0.348. The summed E-state index contributed by atoms with van der Waals surface area (Å²) >= 11 is 6.08. The van der Waals surface area contributed by atoms with E-state index in [2.05, 4.69) is 27.8 Å². The highest BCUT2D eigenvalue weighted by Crippen LogP contribution is 2.27. The molecule has 152 valence electrons. The molecule has 6 heteroatoms. The third-order valence-corrected chi connectivity index (χ3v) is 5.88. The minimum Gasteiger partial charge on any atom is -0.508 e. The Hall–Kier alpha value is -2.50. The molecule has 1 aliphatic rings. The number of aromatic hydroxyl groups is 1. The van der Waals surface area contributed by atoms with Gasteiger partial charge in [-0.15, -0.1) is 0 Å². The number of benzene rings is 2. The standard InChI is InChI=1S/C23H26ClN3O2/c1-16-12-18-13-19(24)6-7-21(18)27(16)10-3-9-25-23(29)15-26-11-8-17-4-2-5-22(28)20(17)14-26/h2,4-7,12-13,28H,3,8-11,14-15H2,1H3,(H,25,29). The van der Waals surface area contributed by atoms with Gasteiger partial charge in [0, 0.05) is 53.4 Å². The zero-order valence-electron chi connectivity index (χ0n) is 16.6. The zero-order valence-corrected chi connectivity index (χ0v) is 17.4. The molecule has 5 nitrogen and oxygen atoms in total. The molecule has 0 saturated carbocycles. The van der Waals surface area contributed by atoms with Crippen molar-refractivity contribution in [2.45, 2.75) is 32.9 Å². The normalized spacial score (nSPS) is 14.1. The first-order valence-corrected chi connectivity index (χ1v) is 10.4. The lowest BCUT2D eigenvalue weighted by Gasteiger charge is -2.28. The second kappa shape index (κ2) is 8.47. The van der Waals surface area contributed by atoms with Gasteiger partial charge in [-0.25, -0.2) is 0 Å². The zero-order chi connectivity index (χ0) is 20.4. The monoisotopic (exact) mass is 411 g/mol. The number of hydrogen-bond donors (Lipinski definition) is 2. The van der Waals surface area contributed by atoms with Gasteiger partial charge in [-0.3, -0.25) is 9.69 Å². The fourth-order valence-electron chi connectivity index (χ4n) is 4.15. The summed E-state index contributed by atoms with van der Waals surface area (Å²) in [6.07, 6.45) is 1.73. The first kappa shape index (κ1) is 19.8. The van der Waals surface area contributed by atoms with Gasteiger partial charge in [0.1, 0.15) is 5.75 Å². The van der Waals surface area contributed by atoms with Crippen LogP contribution in [0.2, 0.25) is 5.02 Å². The summed E-state index contributed by atoms with van der Waals surface area (Å²) in [4.78, 5) is 14.4. The summed E-state index contributed by atoms with van der Waals surface area (Å²) in [6.45, 7) is 5.39. The van der Waals surface area contributed by atoms with Crippen LogP contribution < -0.4 is 5.32 Å². The van der Waals surface area contributed by atoms with Gasteiger partial charge in [0.15, 0.2) is 0 Å². The minimum atomic E-state index is 0.0322. The Morgan fingerprint density at radius 3 is 2.97 bits per heavy atom. The summed E-state index contributed by atoms with van der Waals surface area (Å²) in [7, 11) is 0. The van der Waals surface area contributed by atoms with Gasteiger partial charge in [0.25, 0.3) is 0 Å². The van der Waals surface area contributed by atoms with Gasteiger partial charge in [-0.05, 0) is 55.7 Å². The van der Waals surface area contributed by atoms with Gasteiger partial charge in [0.05, 0.1) is 6.54 Å². The highest BCUT2D eigenvalue weighted by atomic mass is 35.5. The number of halogens is 1. The molecule has 3 aromatic rings. The van der Waals surface area contributed by atoms with E-state index in [9.17, 15) is 9.90 Å². The van der Waals surface area contributed by atoms with Gasteiger partial charge < -0.3 is 15.0 Å². The second-order valence-electron chi connectivity index (χ2n) is 7.72. The quantitative estimate of drug-likeness (QED) is 0.605. The van der Waals surface area contributed by atoms with Crippen LogP contribution in [0.15, 0.2) is 42.5 Å². The average molecular weight is 412 g/mol. The van der Waals surface area contributed by atoms with Crippen LogP contribution in [0.4, 0.5) is 0 Å². The van der Waals surface area contributed by atoms with Gasteiger partial charge >= 0.3 is 0 Å². The van der Waals surface area contributed by atoms with E-state index < -0.39 is 0 Å². The van der Waals surface area contributed by atoms with Crippen LogP contribution in [0.3, 0.4) is 0 Å². The van der Waals surface area contributed by atoms with Crippen molar-refractivity contribution in [2.75, 3.05) is 19.6 Å². The predicted octanol–water partition coefficient (Wildman–Crippen LogP) is 3.87. The largest absolute Gasteiger partial charge is 0.508 e. The van der Waals surface area contributed by atoms with Crippen molar-refractivity contribution >= 4 is 28.4 Å². The molecule has 0 spiro atoms. The summed E-state index contributed by atoms with van der Waals surface area (Å²) in [5.74, 6) is 0.355. The number of aromatic nitrogens is 1. The number of fused-ring (bicyclic) bond motifs is 2. The smallest absolute Gasteiger partial charge is 0.234 e.